The Morgan fingerprint density at radius 2 is 1.89 bits per heavy atom. The van der Waals surface area contributed by atoms with Gasteiger partial charge in [-0.2, -0.15) is 13.2 Å². The molecule has 0 saturated heterocycles. The van der Waals surface area contributed by atoms with E-state index < -0.39 is 12.6 Å². The first-order chi connectivity index (χ1) is 8.38. The number of alkyl halides is 3. The second kappa shape index (κ2) is 6.73. The molecule has 5 heteroatoms. The van der Waals surface area contributed by atoms with Gasteiger partial charge in [0.05, 0.1) is 0 Å². The van der Waals surface area contributed by atoms with Gasteiger partial charge in [0, 0.05) is 12.5 Å². The lowest BCUT2D eigenvalue weighted by atomic mass is 10.1. The quantitative estimate of drug-likeness (QED) is 0.609. The van der Waals surface area contributed by atoms with Crippen molar-refractivity contribution in [3.63, 3.8) is 0 Å². The summed E-state index contributed by atoms with van der Waals surface area (Å²) < 4.78 is 49.0. The zero-order chi connectivity index (χ0) is 13.6. The third-order valence-corrected chi connectivity index (χ3v) is 2.61. The molecule has 1 atom stereocenters. The molecule has 0 aliphatic carbocycles. The minimum absolute atomic E-state index is 0.0462. The van der Waals surface area contributed by atoms with Crippen molar-refractivity contribution in [3.8, 4) is 0 Å². The lowest BCUT2D eigenvalue weighted by molar-refractivity contribution is -0.135. The summed E-state index contributed by atoms with van der Waals surface area (Å²) in [6.45, 7) is 2.12. The number of benzene rings is 1. The summed E-state index contributed by atoms with van der Waals surface area (Å²) in [5.41, 5.74) is 0.577. The molecule has 0 saturated carbocycles. The van der Waals surface area contributed by atoms with Gasteiger partial charge >= 0.3 is 6.18 Å². The van der Waals surface area contributed by atoms with Crippen molar-refractivity contribution in [2.24, 2.45) is 0 Å². The number of nitrogens with one attached hydrogen (secondary N) is 1. The van der Waals surface area contributed by atoms with Gasteiger partial charge in [0.2, 0.25) is 0 Å². The third kappa shape index (κ3) is 6.00. The molecule has 0 spiro atoms. The van der Waals surface area contributed by atoms with E-state index in [-0.39, 0.29) is 24.8 Å². The van der Waals surface area contributed by atoms with Gasteiger partial charge in [-0.3, -0.25) is 0 Å². The largest absolute Gasteiger partial charge is 0.389 e. The van der Waals surface area contributed by atoms with Crippen molar-refractivity contribution in [2.75, 3.05) is 6.54 Å². The third-order valence-electron chi connectivity index (χ3n) is 2.61. The minimum atomic E-state index is -4.10. The summed E-state index contributed by atoms with van der Waals surface area (Å²) in [5, 5.41) is 2.96. The molecule has 0 aromatic heterocycles. The first-order valence-electron chi connectivity index (χ1n) is 5.92. The molecule has 1 nitrogen and oxygen atoms in total. The maximum Gasteiger partial charge on any atom is 0.389 e. The smallest absolute Gasteiger partial charge is 0.314 e. The Morgan fingerprint density at radius 1 is 1.22 bits per heavy atom. The molecule has 0 aliphatic heterocycles. The maximum atomic E-state index is 13.3. The Labute approximate surface area is 104 Å². The second-order valence-electron chi connectivity index (χ2n) is 4.37. The number of hydrogen-bond acceptors (Lipinski definition) is 1. The van der Waals surface area contributed by atoms with E-state index in [2.05, 4.69) is 5.32 Å². The van der Waals surface area contributed by atoms with Crippen molar-refractivity contribution in [2.45, 2.75) is 38.4 Å². The molecular weight excluding hydrogens is 246 g/mol. The van der Waals surface area contributed by atoms with E-state index in [1.54, 1.807) is 18.2 Å². The van der Waals surface area contributed by atoms with E-state index in [1.165, 1.54) is 6.07 Å². The lowest BCUT2D eigenvalue weighted by Crippen LogP contribution is -2.30. The van der Waals surface area contributed by atoms with Crippen molar-refractivity contribution in [1.29, 1.82) is 0 Å². The van der Waals surface area contributed by atoms with Crippen LogP contribution in [0, 0.1) is 5.82 Å². The lowest BCUT2D eigenvalue weighted by Gasteiger charge is -2.14. The summed E-state index contributed by atoms with van der Waals surface area (Å²) >= 11 is 0. The van der Waals surface area contributed by atoms with Crippen LogP contribution >= 0.6 is 0 Å². The average molecular weight is 263 g/mol. The predicted octanol–water partition coefficient (Wildman–Crippen LogP) is 3.69. The highest BCUT2D eigenvalue weighted by Crippen LogP contribution is 2.20. The van der Waals surface area contributed by atoms with Gasteiger partial charge in [-0.15, -0.1) is 0 Å². The fourth-order valence-electron chi connectivity index (χ4n) is 1.70. The number of rotatable bonds is 6. The van der Waals surface area contributed by atoms with Crippen molar-refractivity contribution < 1.29 is 17.6 Å². The molecule has 0 bridgehead atoms. The minimum Gasteiger partial charge on any atom is -0.314 e. The summed E-state index contributed by atoms with van der Waals surface area (Å²) in [4.78, 5) is 0. The fourth-order valence-corrected chi connectivity index (χ4v) is 1.70. The van der Waals surface area contributed by atoms with Gasteiger partial charge in [0.1, 0.15) is 5.82 Å². The van der Waals surface area contributed by atoms with Crippen LogP contribution < -0.4 is 5.32 Å². The Hall–Kier alpha value is -1.10. The zero-order valence-electron chi connectivity index (χ0n) is 10.2. The van der Waals surface area contributed by atoms with Crippen LogP contribution in [-0.2, 0) is 6.42 Å². The standard InChI is InChI=1S/C13H17F4N/c1-10(18-8-4-7-13(15,16)17)9-11-5-2-3-6-12(11)14/h2-3,5-6,10,18H,4,7-9H2,1H3. The van der Waals surface area contributed by atoms with Crippen molar-refractivity contribution >= 4 is 0 Å². The molecule has 0 amide bonds. The Morgan fingerprint density at radius 3 is 2.50 bits per heavy atom. The summed E-state index contributed by atoms with van der Waals surface area (Å²) in [6, 6.07) is 6.37. The zero-order valence-corrected chi connectivity index (χ0v) is 10.2. The van der Waals surface area contributed by atoms with E-state index >= 15 is 0 Å². The molecule has 18 heavy (non-hydrogen) atoms. The Balaban J connectivity index is 2.26. The second-order valence-corrected chi connectivity index (χ2v) is 4.37. The van der Waals surface area contributed by atoms with Gasteiger partial charge in [-0.1, -0.05) is 18.2 Å². The van der Waals surface area contributed by atoms with E-state index in [0.717, 1.165) is 0 Å². The van der Waals surface area contributed by atoms with Crippen LogP contribution in [0.1, 0.15) is 25.3 Å². The Bertz CT molecular complexity index is 362. The van der Waals surface area contributed by atoms with Crippen LogP contribution in [0.5, 0.6) is 0 Å². The van der Waals surface area contributed by atoms with E-state index in [1.807, 2.05) is 6.92 Å². The van der Waals surface area contributed by atoms with E-state index in [4.69, 9.17) is 0 Å². The van der Waals surface area contributed by atoms with E-state index in [9.17, 15) is 17.6 Å². The monoisotopic (exact) mass is 263 g/mol. The summed E-state index contributed by atoms with van der Waals surface area (Å²) in [5.74, 6) is -0.276. The molecule has 0 aliphatic rings. The molecule has 1 N–H and O–H groups in total. The summed E-state index contributed by atoms with van der Waals surface area (Å²) in [6.07, 6.45) is -4.37. The van der Waals surface area contributed by atoms with Crippen molar-refractivity contribution in [3.05, 3.63) is 35.6 Å². The van der Waals surface area contributed by atoms with Crippen LogP contribution in [0.25, 0.3) is 0 Å². The van der Waals surface area contributed by atoms with Crippen LogP contribution in [0.3, 0.4) is 0 Å². The van der Waals surface area contributed by atoms with Gasteiger partial charge in [-0.05, 0) is 37.9 Å². The highest BCUT2D eigenvalue weighted by molar-refractivity contribution is 5.18. The van der Waals surface area contributed by atoms with Crippen LogP contribution in [0.4, 0.5) is 17.6 Å². The topological polar surface area (TPSA) is 12.0 Å². The van der Waals surface area contributed by atoms with Crippen LogP contribution in [-0.4, -0.2) is 18.8 Å². The highest BCUT2D eigenvalue weighted by atomic mass is 19.4. The maximum absolute atomic E-state index is 13.3. The molecule has 1 aromatic carbocycles. The van der Waals surface area contributed by atoms with Gasteiger partial charge in [0.15, 0.2) is 0 Å². The van der Waals surface area contributed by atoms with Crippen LogP contribution in [0.15, 0.2) is 24.3 Å². The predicted molar refractivity (Wildman–Crippen MR) is 62.9 cm³/mol. The average Bonchev–Trinajstić information content (AvgIpc) is 2.26. The molecule has 0 fully saturated rings. The Kier molecular flexibility index (Phi) is 5.59. The molecule has 1 aromatic rings. The molecule has 102 valence electrons. The fraction of sp³-hybridized carbons (Fsp3) is 0.538. The first kappa shape index (κ1) is 15.0. The molecular formula is C13H17F4N. The van der Waals surface area contributed by atoms with Gasteiger partial charge in [-0.25, -0.2) is 4.39 Å². The van der Waals surface area contributed by atoms with Crippen molar-refractivity contribution in [1.82, 2.24) is 5.32 Å². The number of halogens is 4. The number of hydrogen-bond donors (Lipinski definition) is 1. The normalized spacial score (nSPS) is 13.6. The van der Waals surface area contributed by atoms with Crippen LogP contribution in [0.2, 0.25) is 0 Å². The first-order valence-corrected chi connectivity index (χ1v) is 5.92. The molecule has 1 rings (SSSR count). The van der Waals surface area contributed by atoms with Gasteiger partial charge in [0.25, 0.3) is 0 Å². The SMILES string of the molecule is CC(Cc1ccccc1F)NCCCC(F)(F)F. The highest BCUT2D eigenvalue weighted by Gasteiger charge is 2.25. The van der Waals surface area contributed by atoms with Gasteiger partial charge < -0.3 is 5.32 Å². The molecule has 0 radical (unpaired) electrons. The van der Waals surface area contributed by atoms with E-state index in [0.29, 0.717) is 12.0 Å². The molecule has 1 unspecified atom stereocenters. The molecule has 0 heterocycles. The summed E-state index contributed by atoms with van der Waals surface area (Å²) in [7, 11) is 0.